The van der Waals surface area contributed by atoms with Gasteiger partial charge in [-0.05, 0) is 30.3 Å². The Morgan fingerprint density at radius 1 is 1.13 bits per heavy atom. The van der Waals surface area contributed by atoms with Crippen molar-refractivity contribution in [3.63, 3.8) is 0 Å². The Morgan fingerprint density at radius 3 is 2.65 bits per heavy atom. The first-order valence-corrected chi connectivity index (χ1v) is 8.60. The van der Waals surface area contributed by atoms with Crippen LogP contribution in [0.25, 0.3) is 11.0 Å². The lowest BCUT2D eigenvalue weighted by atomic mass is 10.2. The second-order valence-electron chi connectivity index (χ2n) is 4.88. The van der Waals surface area contributed by atoms with Gasteiger partial charge in [-0.2, -0.15) is 15.4 Å². The summed E-state index contributed by atoms with van der Waals surface area (Å²) in [7, 11) is -3.48. The van der Waals surface area contributed by atoms with E-state index in [9.17, 15) is 13.2 Å². The van der Waals surface area contributed by atoms with E-state index in [4.69, 9.17) is 0 Å². The summed E-state index contributed by atoms with van der Waals surface area (Å²) in [5.41, 5.74) is 1.92. The summed E-state index contributed by atoms with van der Waals surface area (Å²) >= 11 is 0. The zero-order valence-corrected chi connectivity index (χ0v) is 13.1. The van der Waals surface area contributed by atoms with Crippen molar-refractivity contribution in [2.45, 2.75) is 11.8 Å². The van der Waals surface area contributed by atoms with Crippen LogP contribution in [-0.2, 0) is 9.84 Å². The first kappa shape index (κ1) is 15.2. The number of carbonyl (C=O) groups excluding carboxylic acids is 1. The Bertz CT molecular complexity index is 979. The lowest BCUT2D eigenvalue weighted by Crippen LogP contribution is -2.17. The highest BCUT2D eigenvalue weighted by atomic mass is 32.2. The van der Waals surface area contributed by atoms with E-state index >= 15 is 0 Å². The molecule has 3 aromatic rings. The summed E-state index contributed by atoms with van der Waals surface area (Å²) in [6.45, 7) is 1.54. The summed E-state index contributed by atoms with van der Waals surface area (Å²) in [5, 5.41) is 13.1. The predicted octanol–water partition coefficient (Wildman–Crippen LogP) is 2.00. The molecule has 0 aliphatic rings. The van der Waals surface area contributed by atoms with E-state index in [1.165, 1.54) is 12.1 Å². The standard InChI is InChI=1S/C15H14N4O3S/c1-2-23(21,22)14-6-4-3-5-11(14)15(20)16-10-7-8-12-13(9-10)18-19-17-12/h3-9H,2H2,1H3,(H,16,20)(H,17,18,19). The molecule has 8 heteroatoms. The molecule has 23 heavy (non-hydrogen) atoms. The molecule has 0 saturated heterocycles. The second-order valence-corrected chi connectivity index (χ2v) is 7.13. The molecule has 7 nitrogen and oxygen atoms in total. The number of hydrogen-bond acceptors (Lipinski definition) is 5. The monoisotopic (exact) mass is 330 g/mol. The zero-order chi connectivity index (χ0) is 16.4. The fourth-order valence-electron chi connectivity index (χ4n) is 2.20. The van der Waals surface area contributed by atoms with Gasteiger partial charge in [0.1, 0.15) is 11.0 Å². The van der Waals surface area contributed by atoms with Crippen LogP contribution in [0.2, 0.25) is 0 Å². The minimum atomic E-state index is -3.48. The molecule has 0 spiro atoms. The lowest BCUT2D eigenvalue weighted by Gasteiger charge is -2.10. The van der Waals surface area contributed by atoms with Crippen LogP contribution >= 0.6 is 0 Å². The second kappa shape index (κ2) is 5.81. The average molecular weight is 330 g/mol. The summed E-state index contributed by atoms with van der Waals surface area (Å²) in [4.78, 5) is 12.5. The molecule has 0 atom stereocenters. The van der Waals surface area contributed by atoms with E-state index in [-0.39, 0.29) is 16.2 Å². The molecule has 1 heterocycles. The van der Waals surface area contributed by atoms with Gasteiger partial charge in [0.25, 0.3) is 5.91 Å². The number of hydrogen-bond donors (Lipinski definition) is 2. The van der Waals surface area contributed by atoms with Gasteiger partial charge in [-0.1, -0.05) is 19.1 Å². The van der Waals surface area contributed by atoms with Crippen molar-refractivity contribution in [3.05, 3.63) is 48.0 Å². The van der Waals surface area contributed by atoms with E-state index in [2.05, 4.69) is 20.7 Å². The SMILES string of the molecule is CCS(=O)(=O)c1ccccc1C(=O)Nc1ccc2n[nH]nc2c1. The molecule has 3 rings (SSSR count). The fourth-order valence-corrected chi connectivity index (χ4v) is 3.29. The van der Waals surface area contributed by atoms with E-state index in [0.29, 0.717) is 16.7 Å². The van der Waals surface area contributed by atoms with Gasteiger partial charge in [-0.25, -0.2) is 8.42 Å². The predicted molar refractivity (Wildman–Crippen MR) is 86.0 cm³/mol. The van der Waals surface area contributed by atoms with Crippen molar-refractivity contribution >= 4 is 32.5 Å². The van der Waals surface area contributed by atoms with Crippen LogP contribution in [0.15, 0.2) is 47.4 Å². The van der Waals surface area contributed by atoms with Crippen LogP contribution in [0.3, 0.4) is 0 Å². The molecule has 1 aromatic heterocycles. The molecule has 0 radical (unpaired) electrons. The Hall–Kier alpha value is -2.74. The number of fused-ring (bicyclic) bond motifs is 1. The molecule has 118 valence electrons. The molecule has 0 aliphatic heterocycles. The van der Waals surface area contributed by atoms with Gasteiger partial charge in [-0.3, -0.25) is 4.79 Å². The van der Waals surface area contributed by atoms with Crippen molar-refractivity contribution in [3.8, 4) is 0 Å². The van der Waals surface area contributed by atoms with Gasteiger partial charge in [0.2, 0.25) is 0 Å². The smallest absolute Gasteiger partial charge is 0.256 e. The maximum Gasteiger partial charge on any atom is 0.256 e. The Labute approximate surface area is 132 Å². The third-order valence-corrected chi connectivity index (χ3v) is 5.21. The van der Waals surface area contributed by atoms with E-state index in [1.54, 1.807) is 37.3 Å². The quantitative estimate of drug-likeness (QED) is 0.761. The third kappa shape index (κ3) is 2.93. The molecule has 2 aromatic carbocycles. The van der Waals surface area contributed by atoms with E-state index < -0.39 is 15.7 Å². The van der Waals surface area contributed by atoms with Crippen molar-refractivity contribution in [2.24, 2.45) is 0 Å². The number of rotatable bonds is 4. The van der Waals surface area contributed by atoms with Gasteiger partial charge in [0, 0.05) is 5.69 Å². The Morgan fingerprint density at radius 2 is 1.87 bits per heavy atom. The van der Waals surface area contributed by atoms with Crippen molar-refractivity contribution in [2.75, 3.05) is 11.1 Å². The molecular formula is C15H14N4O3S. The summed E-state index contributed by atoms with van der Waals surface area (Å²) in [5.74, 6) is -0.553. The molecule has 2 N–H and O–H groups in total. The van der Waals surface area contributed by atoms with Gasteiger partial charge in [0.05, 0.1) is 16.2 Å². The maximum atomic E-state index is 12.5. The normalized spacial score (nSPS) is 11.5. The van der Waals surface area contributed by atoms with E-state index in [1.807, 2.05) is 0 Å². The lowest BCUT2D eigenvalue weighted by molar-refractivity contribution is 0.102. The number of amides is 1. The highest BCUT2D eigenvalue weighted by Gasteiger charge is 2.20. The van der Waals surface area contributed by atoms with Gasteiger partial charge >= 0.3 is 0 Å². The number of aromatic amines is 1. The van der Waals surface area contributed by atoms with Crippen LogP contribution in [-0.4, -0.2) is 35.5 Å². The van der Waals surface area contributed by atoms with Gasteiger partial charge < -0.3 is 5.32 Å². The first-order chi connectivity index (χ1) is 11.0. The molecule has 0 fully saturated rings. The summed E-state index contributed by atoms with van der Waals surface area (Å²) in [6.07, 6.45) is 0. The van der Waals surface area contributed by atoms with E-state index in [0.717, 1.165) is 0 Å². The summed E-state index contributed by atoms with van der Waals surface area (Å²) < 4.78 is 24.2. The van der Waals surface area contributed by atoms with Gasteiger partial charge in [-0.15, -0.1) is 0 Å². The van der Waals surface area contributed by atoms with Crippen molar-refractivity contribution in [1.82, 2.24) is 15.4 Å². The highest BCUT2D eigenvalue weighted by Crippen LogP contribution is 2.20. The Balaban J connectivity index is 1.95. The fraction of sp³-hybridized carbons (Fsp3) is 0.133. The minimum absolute atomic E-state index is 0.0301. The number of sulfone groups is 1. The molecule has 0 unspecified atom stereocenters. The van der Waals surface area contributed by atoms with Crippen molar-refractivity contribution in [1.29, 1.82) is 0 Å². The molecule has 0 bridgehead atoms. The molecule has 0 saturated carbocycles. The van der Waals surface area contributed by atoms with Crippen LogP contribution in [0, 0.1) is 0 Å². The molecular weight excluding hydrogens is 316 g/mol. The number of H-pyrrole nitrogens is 1. The minimum Gasteiger partial charge on any atom is -0.322 e. The van der Waals surface area contributed by atoms with Crippen LogP contribution < -0.4 is 5.32 Å². The highest BCUT2D eigenvalue weighted by molar-refractivity contribution is 7.91. The van der Waals surface area contributed by atoms with Crippen molar-refractivity contribution < 1.29 is 13.2 Å². The number of benzene rings is 2. The molecule has 1 amide bonds. The zero-order valence-electron chi connectivity index (χ0n) is 12.3. The molecule has 0 aliphatic carbocycles. The Kier molecular flexibility index (Phi) is 3.83. The number of carbonyl (C=O) groups is 1. The van der Waals surface area contributed by atoms with Gasteiger partial charge in [0.15, 0.2) is 9.84 Å². The number of nitrogens with one attached hydrogen (secondary N) is 2. The number of aromatic nitrogens is 3. The maximum absolute atomic E-state index is 12.5. The van der Waals surface area contributed by atoms with Crippen LogP contribution in [0.1, 0.15) is 17.3 Å². The van der Waals surface area contributed by atoms with Crippen LogP contribution in [0.5, 0.6) is 0 Å². The van der Waals surface area contributed by atoms with Crippen LogP contribution in [0.4, 0.5) is 5.69 Å². The first-order valence-electron chi connectivity index (χ1n) is 6.95. The number of nitrogens with zero attached hydrogens (tertiary/aromatic N) is 2. The summed E-state index contributed by atoms with van der Waals surface area (Å²) in [6, 6.07) is 11.2. The number of anilines is 1. The third-order valence-electron chi connectivity index (χ3n) is 3.42. The topological polar surface area (TPSA) is 105 Å². The largest absolute Gasteiger partial charge is 0.322 e. The average Bonchev–Trinajstić information content (AvgIpc) is 3.02.